The molecule has 0 radical (unpaired) electrons. The number of halogens is 3. The molecule has 0 aromatic carbocycles. The van der Waals surface area contributed by atoms with Gasteiger partial charge >= 0.3 is 0 Å². The van der Waals surface area contributed by atoms with Crippen molar-refractivity contribution in [3.05, 3.63) is 21.9 Å². The van der Waals surface area contributed by atoms with E-state index in [1.165, 1.54) is 0 Å². The van der Waals surface area contributed by atoms with Crippen LogP contribution in [0.4, 0.5) is 0 Å². The first-order valence-corrected chi connectivity index (χ1v) is 5.86. The zero-order chi connectivity index (χ0) is 10.3. The number of hydrogen-bond acceptors (Lipinski definition) is 3. The normalized spacial score (nSPS) is 11.5. The van der Waals surface area contributed by atoms with E-state index < -0.39 is 4.84 Å². The standard InChI is InChI=1S/C8H5Cl3N2S/c1-3-2-4-6(11)12-7(5(9)10)13-8(4)14-3/h2,5H,1H3. The van der Waals surface area contributed by atoms with Crippen LogP contribution in [-0.4, -0.2) is 9.97 Å². The van der Waals surface area contributed by atoms with Crippen molar-refractivity contribution < 1.29 is 0 Å². The van der Waals surface area contributed by atoms with Gasteiger partial charge in [0.15, 0.2) is 10.7 Å². The van der Waals surface area contributed by atoms with E-state index >= 15 is 0 Å². The molecule has 2 heterocycles. The van der Waals surface area contributed by atoms with E-state index in [4.69, 9.17) is 34.8 Å². The summed E-state index contributed by atoms with van der Waals surface area (Å²) >= 11 is 18.8. The van der Waals surface area contributed by atoms with E-state index in [2.05, 4.69) is 9.97 Å². The number of alkyl halides is 2. The summed E-state index contributed by atoms with van der Waals surface area (Å²) in [5.41, 5.74) is 0. The van der Waals surface area contributed by atoms with Gasteiger partial charge in [0.2, 0.25) is 0 Å². The number of thiophene rings is 1. The lowest BCUT2D eigenvalue weighted by Gasteiger charge is -2.00. The van der Waals surface area contributed by atoms with Crippen molar-refractivity contribution >= 4 is 56.4 Å². The van der Waals surface area contributed by atoms with E-state index in [9.17, 15) is 0 Å². The minimum absolute atomic E-state index is 0.354. The Kier molecular flexibility index (Phi) is 2.84. The van der Waals surface area contributed by atoms with Gasteiger partial charge in [-0.1, -0.05) is 34.8 Å². The van der Waals surface area contributed by atoms with Crippen LogP contribution in [0.1, 0.15) is 15.5 Å². The summed E-state index contributed by atoms with van der Waals surface area (Å²) in [6.07, 6.45) is 0. The van der Waals surface area contributed by atoms with E-state index in [-0.39, 0.29) is 0 Å². The predicted molar refractivity (Wildman–Crippen MR) is 61.6 cm³/mol. The van der Waals surface area contributed by atoms with E-state index in [1.54, 1.807) is 11.3 Å². The van der Waals surface area contributed by atoms with Gasteiger partial charge in [0, 0.05) is 10.3 Å². The Morgan fingerprint density at radius 1 is 1.36 bits per heavy atom. The third-order valence-corrected chi connectivity index (χ3v) is 3.30. The molecule has 0 saturated heterocycles. The molecular weight excluding hydrogens is 263 g/mol. The second-order valence-corrected chi connectivity index (χ2v) is 5.44. The number of aromatic nitrogens is 2. The van der Waals surface area contributed by atoms with Gasteiger partial charge in [0.25, 0.3) is 0 Å². The maximum absolute atomic E-state index is 5.96. The molecule has 2 nitrogen and oxygen atoms in total. The first kappa shape index (κ1) is 10.4. The molecule has 6 heteroatoms. The highest BCUT2D eigenvalue weighted by Gasteiger charge is 2.13. The Bertz CT molecular complexity index is 481. The van der Waals surface area contributed by atoms with E-state index in [0.29, 0.717) is 11.0 Å². The van der Waals surface area contributed by atoms with Crippen LogP contribution < -0.4 is 0 Å². The number of aryl methyl sites for hydroxylation is 1. The highest BCUT2D eigenvalue weighted by atomic mass is 35.5. The molecule has 14 heavy (non-hydrogen) atoms. The Morgan fingerprint density at radius 2 is 2.07 bits per heavy atom. The summed E-state index contributed by atoms with van der Waals surface area (Å²) in [4.78, 5) is 9.45. The van der Waals surface area contributed by atoms with Crippen molar-refractivity contribution in [2.75, 3.05) is 0 Å². The lowest BCUT2D eigenvalue weighted by molar-refractivity contribution is 1.05. The topological polar surface area (TPSA) is 25.8 Å². The van der Waals surface area contributed by atoms with Gasteiger partial charge < -0.3 is 0 Å². The van der Waals surface area contributed by atoms with Gasteiger partial charge in [-0.05, 0) is 13.0 Å². The van der Waals surface area contributed by atoms with E-state index in [1.807, 2.05) is 13.0 Å². The van der Waals surface area contributed by atoms with Crippen molar-refractivity contribution in [1.29, 1.82) is 0 Å². The second kappa shape index (κ2) is 3.81. The van der Waals surface area contributed by atoms with Crippen LogP contribution in [0.5, 0.6) is 0 Å². The van der Waals surface area contributed by atoms with Crippen molar-refractivity contribution in [3.8, 4) is 0 Å². The second-order valence-electron chi connectivity index (χ2n) is 2.75. The zero-order valence-electron chi connectivity index (χ0n) is 7.09. The quantitative estimate of drug-likeness (QED) is 0.573. The van der Waals surface area contributed by atoms with Crippen LogP contribution in [0.15, 0.2) is 6.07 Å². The van der Waals surface area contributed by atoms with E-state index in [0.717, 1.165) is 15.1 Å². The number of rotatable bonds is 1. The third-order valence-electron chi connectivity index (χ3n) is 1.68. The smallest absolute Gasteiger partial charge is 0.167 e. The molecule has 0 atom stereocenters. The molecule has 2 rings (SSSR count). The Hall–Kier alpha value is -0.0900. The highest BCUT2D eigenvalue weighted by molar-refractivity contribution is 7.18. The predicted octanol–water partition coefficient (Wildman–Crippen LogP) is 4.13. The molecule has 0 aliphatic carbocycles. The lowest BCUT2D eigenvalue weighted by atomic mass is 10.4. The van der Waals surface area contributed by atoms with Gasteiger partial charge in [0.1, 0.15) is 9.98 Å². The van der Waals surface area contributed by atoms with Crippen molar-refractivity contribution in [2.45, 2.75) is 11.8 Å². The average molecular weight is 268 g/mol. The van der Waals surface area contributed by atoms with Crippen LogP contribution in [0.3, 0.4) is 0 Å². The molecule has 2 aromatic heterocycles. The van der Waals surface area contributed by atoms with Gasteiger partial charge in [-0.3, -0.25) is 0 Å². The van der Waals surface area contributed by atoms with Gasteiger partial charge in [-0.25, -0.2) is 9.97 Å². The van der Waals surface area contributed by atoms with Crippen molar-refractivity contribution in [1.82, 2.24) is 9.97 Å². The van der Waals surface area contributed by atoms with Gasteiger partial charge in [-0.15, -0.1) is 11.3 Å². The molecule has 0 saturated carbocycles. The molecule has 0 N–H and O–H groups in total. The van der Waals surface area contributed by atoms with Crippen molar-refractivity contribution in [3.63, 3.8) is 0 Å². The highest BCUT2D eigenvalue weighted by Crippen LogP contribution is 2.31. The van der Waals surface area contributed by atoms with Crippen LogP contribution in [0.2, 0.25) is 5.15 Å². The molecule has 0 spiro atoms. The average Bonchev–Trinajstić information content (AvgIpc) is 2.45. The summed E-state index contributed by atoms with van der Waals surface area (Å²) in [7, 11) is 0. The first-order chi connectivity index (χ1) is 6.58. The Morgan fingerprint density at radius 3 is 2.71 bits per heavy atom. The fourth-order valence-corrected chi connectivity index (χ4v) is 2.49. The fourth-order valence-electron chi connectivity index (χ4n) is 1.12. The minimum Gasteiger partial charge on any atom is -0.219 e. The van der Waals surface area contributed by atoms with Crippen LogP contribution >= 0.6 is 46.1 Å². The maximum Gasteiger partial charge on any atom is 0.167 e. The van der Waals surface area contributed by atoms with Crippen LogP contribution in [-0.2, 0) is 0 Å². The molecule has 0 fully saturated rings. The summed E-state index contributed by atoms with van der Waals surface area (Å²) in [5, 5.41) is 1.26. The molecule has 0 unspecified atom stereocenters. The summed E-state index contributed by atoms with van der Waals surface area (Å²) < 4.78 is 0. The number of fused-ring (bicyclic) bond motifs is 1. The van der Waals surface area contributed by atoms with Gasteiger partial charge in [-0.2, -0.15) is 0 Å². The zero-order valence-corrected chi connectivity index (χ0v) is 10.2. The monoisotopic (exact) mass is 266 g/mol. The summed E-state index contributed by atoms with van der Waals surface area (Å²) in [6.45, 7) is 1.99. The van der Waals surface area contributed by atoms with Crippen LogP contribution in [0.25, 0.3) is 10.2 Å². The molecule has 0 aliphatic heterocycles. The first-order valence-electron chi connectivity index (χ1n) is 3.79. The lowest BCUT2D eigenvalue weighted by Crippen LogP contribution is -1.93. The number of nitrogens with zero attached hydrogens (tertiary/aromatic N) is 2. The Labute approximate surface area is 99.8 Å². The molecule has 0 bridgehead atoms. The van der Waals surface area contributed by atoms with Crippen molar-refractivity contribution in [2.24, 2.45) is 0 Å². The maximum atomic E-state index is 5.96. The molecule has 74 valence electrons. The summed E-state index contributed by atoms with van der Waals surface area (Å²) in [6, 6.07) is 1.95. The van der Waals surface area contributed by atoms with Crippen LogP contribution in [0, 0.1) is 6.92 Å². The molecule has 0 aliphatic rings. The Balaban J connectivity index is 2.71. The fraction of sp³-hybridized carbons (Fsp3) is 0.250. The van der Waals surface area contributed by atoms with Gasteiger partial charge in [0.05, 0.1) is 0 Å². The molecule has 0 amide bonds. The SMILES string of the molecule is Cc1cc2c(Cl)nc(C(Cl)Cl)nc2s1. The molecular formula is C8H5Cl3N2S. The summed E-state index contributed by atoms with van der Waals surface area (Å²) in [5.74, 6) is 0.354. The third kappa shape index (κ3) is 1.82. The minimum atomic E-state index is -0.737. The molecule has 2 aromatic rings. The largest absolute Gasteiger partial charge is 0.219 e. The number of hydrogen-bond donors (Lipinski definition) is 0.